The number of halogens is 1. The van der Waals surface area contributed by atoms with Crippen molar-refractivity contribution in [1.82, 2.24) is 15.0 Å². The molecule has 0 aliphatic carbocycles. The Kier molecular flexibility index (Phi) is 3.82. The molecule has 4 rings (SSSR count). The number of aliphatic hydroxyl groups is 1. The molecule has 3 heterocycles. The number of nitrogens with zero attached hydrogens (tertiary/aromatic N) is 4. The topological polar surface area (TPSA) is 62.1 Å². The van der Waals surface area contributed by atoms with E-state index in [2.05, 4.69) is 19.9 Å². The van der Waals surface area contributed by atoms with Crippen LogP contribution >= 0.6 is 0 Å². The molecule has 1 saturated heterocycles. The van der Waals surface area contributed by atoms with Crippen LogP contribution in [0.25, 0.3) is 22.0 Å². The molecule has 0 atom stereocenters. The van der Waals surface area contributed by atoms with E-state index in [4.69, 9.17) is 0 Å². The van der Waals surface area contributed by atoms with Crippen molar-refractivity contribution in [3.63, 3.8) is 0 Å². The van der Waals surface area contributed by atoms with E-state index in [0.717, 1.165) is 48.0 Å². The van der Waals surface area contributed by atoms with Gasteiger partial charge in [-0.15, -0.1) is 0 Å². The molecule has 0 spiro atoms. The predicted octanol–water partition coefficient (Wildman–Crippen LogP) is 2.79. The van der Waals surface area contributed by atoms with Gasteiger partial charge in [-0.3, -0.25) is 4.98 Å². The van der Waals surface area contributed by atoms with Crippen molar-refractivity contribution in [3.05, 3.63) is 48.7 Å². The molecule has 5 nitrogen and oxygen atoms in total. The minimum atomic E-state index is -0.277. The quantitative estimate of drug-likeness (QED) is 0.785. The van der Waals surface area contributed by atoms with Gasteiger partial charge in [0.1, 0.15) is 5.82 Å². The van der Waals surface area contributed by atoms with Crippen LogP contribution in [0, 0.1) is 5.82 Å². The molecule has 1 aliphatic heterocycles. The molecule has 1 fully saturated rings. The van der Waals surface area contributed by atoms with Gasteiger partial charge in [0.25, 0.3) is 0 Å². The largest absolute Gasteiger partial charge is 0.393 e. The maximum atomic E-state index is 13.4. The van der Waals surface area contributed by atoms with Crippen LogP contribution in [0.5, 0.6) is 0 Å². The van der Waals surface area contributed by atoms with Crippen molar-refractivity contribution in [2.24, 2.45) is 0 Å². The summed E-state index contributed by atoms with van der Waals surface area (Å²) in [5, 5.41) is 10.3. The molecule has 3 aromatic rings. The van der Waals surface area contributed by atoms with Gasteiger partial charge in [-0.25, -0.2) is 14.4 Å². The van der Waals surface area contributed by atoms with Crippen LogP contribution < -0.4 is 4.90 Å². The van der Waals surface area contributed by atoms with Crippen molar-refractivity contribution in [3.8, 4) is 11.1 Å². The summed E-state index contributed by atoms with van der Waals surface area (Å²) in [6, 6.07) is 6.43. The number of anilines is 1. The Morgan fingerprint density at radius 2 is 1.67 bits per heavy atom. The second-order valence-electron chi connectivity index (χ2n) is 6.05. The van der Waals surface area contributed by atoms with Crippen LogP contribution in [0.4, 0.5) is 10.3 Å². The Balaban J connectivity index is 1.60. The summed E-state index contributed by atoms with van der Waals surface area (Å²) in [5.74, 6) is 0.394. The fraction of sp³-hybridized carbons (Fsp3) is 0.278. The zero-order chi connectivity index (χ0) is 16.5. The van der Waals surface area contributed by atoms with Gasteiger partial charge >= 0.3 is 0 Å². The number of aromatic nitrogens is 3. The molecule has 6 heteroatoms. The van der Waals surface area contributed by atoms with Crippen molar-refractivity contribution >= 4 is 16.9 Å². The number of fused-ring (bicyclic) bond motifs is 1. The van der Waals surface area contributed by atoms with Crippen molar-refractivity contribution in [2.45, 2.75) is 18.9 Å². The Morgan fingerprint density at radius 1 is 0.958 bits per heavy atom. The summed E-state index contributed by atoms with van der Waals surface area (Å²) in [4.78, 5) is 15.3. The molecular formula is C18H17FN4O. The minimum Gasteiger partial charge on any atom is -0.393 e. The van der Waals surface area contributed by atoms with Gasteiger partial charge in [0.2, 0.25) is 5.95 Å². The normalized spacial score (nSPS) is 15.8. The summed E-state index contributed by atoms with van der Waals surface area (Å²) in [7, 11) is 0. The van der Waals surface area contributed by atoms with E-state index in [9.17, 15) is 9.50 Å². The van der Waals surface area contributed by atoms with Crippen LogP contribution in [0.3, 0.4) is 0 Å². The molecule has 0 bridgehead atoms. The van der Waals surface area contributed by atoms with Gasteiger partial charge in [-0.1, -0.05) is 0 Å². The lowest BCUT2D eigenvalue weighted by molar-refractivity contribution is 0.145. The molecule has 0 unspecified atom stereocenters. The van der Waals surface area contributed by atoms with Gasteiger partial charge in [-0.2, -0.15) is 0 Å². The van der Waals surface area contributed by atoms with Crippen molar-refractivity contribution in [2.75, 3.05) is 18.0 Å². The van der Waals surface area contributed by atoms with Crippen LogP contribution in [0.1, 0.15) is 12.8 Å². The Bertz CT molecular complexity index is 861. The summed E-state index contributed by atoms with van der Waals surface area (Å²) in [5.41, 5.74) is 2.45. The molecule has 1 aromatic carbocycles. The number of pyridine rings is 1. The highest BCUT2D eigenvalue weighted by Gasteiger charge is 2.18. The van der Waals surface area contributed by atoms with E-state index in [0.29, 0.717) is 5.95 Å². The molecule has 0 radical (unpaired) electrons. The second kappa shape index (κ2) is 6.13. The van der Waals surface area contributed by atoms with Crippen molar-refractivity contribution < 1.29 is 9.50 Å². The molecule has 24 heavy (non-hydrogen) atoms. The lowest BCUT2D eigenvalue weighted by atomic mass is 10.1. The first-order valence-electron chi connectivity index (χ1n) is 8.00. The highest BCUT2D eigenvalue weighted by atomic mass is 19.1. The number of benzene rings is 1. The van der Waals surface area contributed by atoms with E-state index < -0.39 is 0 Å². The van der Waals surface area contributed by atoms with E-state index in [-0.39, 0.29) is 11.9 Å². The molecular weight excluding hydrogens is 307 g/mol. The summed E-state index contributed by atoms with van der Waals surface area (Å²) < 4.78 is 13.4. The third-order valence-corrected chi connectivity index (χ3v) is 4.36. The fourth-order valence-electron chi connectivity index (χ4n) is 2.96. The Hall–Kier alpha value is -2.60. The lowest BCUT2D eigenvalue weighted by Gasteiger charge is -2.29. The first kappa shape index (κ1) is 15.0. The smallest absolute Gasteiger partial charge is 0.225 e. The predicted molar refractivity (Wildman–Crippen MR) is 90.2 cm³/mol. The molecule has 122 valence electrons. The third kappa shape index (κ3) is 2.92. The van der Waals surface area contributed by atoms with E-state index in [1.165, 1.54) is 12.1 Å². The van der Waals surface area contributed by atoms with Gasteiger partial charge in [0, 0.05) is 48.2 Å². The van der Waals surface area contributed by atoms with E-state index >= 15 is 0 Å². The average molecular weight is 324 g/mol. The standard InChI is InChI=1S/C18H17FN4O/c19-15-1-2-17-12(8-15)7-13(9-20-17)14-10-21-18(22-11-14)23-5-3-16(24)4-6-23/h1-2,7-11,16,24H,3-6H2. The van der Waals surface area contributed by atoms with E-state index in [1.807, 2.05) is 6.07 Å². The number of aliphatic hydroxyl groups excluding tert-OH is 1. The number of hydrogen-bond acceptors (Lipinski definition) is 5. The Labute approximate surface area is 138 Å². The van der Waals surface area contributed by atoms with E-state index in [1.54, 1.807) is 24.7 Å². The zero-order valence-electron chi connectivity index (χ0n) is 13.1. The molecule has 0 amide bonds. The molecule has 1 N–H and O–H groups in total. The number of hydrogen-bond donors (Lipinski definition) is 1. The van der Waals surface area contributed by atoms with Crippen molar-refractivity contribution in [1.29, 1.82) is 0 Å². The van der Waals surface area contributed by atoms with Crippen LogP contribution in [0.15, 0.2) is 42.9 Å². The summed E-state index contributed by atoms with van der Waals surface area (Å²) >= 11 is 0. The van der Waals surface area contributed by atoms with Gasteiger partial charge in [-0.05, 0) is 37.1 Å². The monoisotopic (exact) mass is 324 g/mol. The number of rotatable bonds is 2. The summed E-state index contributed by atoms with van der Waals surface area (Å²) in [6.07, 6.45) is 6.53. The summed E-state index contributed by atoms with van der Waals surface area (Å²) in [6.45, 7) is 1.52. The minimum absolute atomic E-state index is 0.218. The highest BCUT2D eigenvalue weighted by Crippen LogP contribution is 2.24. The van der Waals surface area contributed by atoms with Crippen LogP contribution in [-0.4, -0.2) is 39.3 Å². The maximum absolute atomic E-state index is 13.4. The van der Waals surface area contributed by atoms with Gasteiger partial charge < -0.3 is 10.0 Å². The average Bonchev–Trinajstić information content (AvgIpc) is 2.62. The molecule has 2 aromatic heterocycles. The fourth-order valence-corrected chi connectivity index (χ4v) is 2.96. The second-order valence-corrected chi connectivity index (χ2v) is 6.05. The third-order valence-electron chi connectivity index (χ3n) is 4.36. The first-order chi connectivity index (χ1) is 11.7. The highest BCUT2D eigenvalue weighted by molar-refractivity contribution is 5.83. The lowest BCUT2D eigenvalue weighted by Crippen LogP contribution is -2.36. The first-order valence-corrected chi connectivity index (χ1v) is 8.00. The SMILES string of the molecule is OC1CCN(c2ncc(-c3cnc4ccc(F)cc4c3)cn2)CC1. The van der Waals surface area contributed by atoms with Gasteiger partial charge in [0.15, 0.2) is 0 Å². The Morgan fingerprint density at radius 3 is 2.42 bits per heavy atom. The molecule has 1 aliphatic rings. The van der Waals surface area contributed by atoms with Gasteiger partial charge in [0.05, 0.1) is 11.6 Å². The zero-order valence-corrected chi connectivity index (χ0v) is 13.1. The van der Waals surface area contributed by atoms with Crippen LogP contribution in [-0.2, 0) is 0 Å². The van der Waals surface area contributed by atoms with Crippen LogP contribution in [0.2, 0.25) is 0 Å². The molecule has 0 saturated carbocycles. The maximum Gasteiger partial charge on any atom is 0.225 e. The number of piperidine rings is 1.